The van der Waals surface area contributed by atoms with Crippen LogP contribution in [0.1, 0.15) is 19.8 Å². The van der Waals surface area contributed by atoms with Crippen LogP contribution in [0.3, 0.4) is 0 Å². The van der Waals surface area contributed by atoms with Gasteiger partial charge in [-0.05, 0) is 31.9 Å². The molecule has 2 heterocycles. The number of ether oxygens (including phenoxy) is 1. The Labute approximate surface area is 132 Å². The summed E-state index contributed by atoms with van der Waals surface area (Å²) in [4.78, 5) is 15.8. The summed E-state index contributed by atoms with van der Waals surface area (Å²) in [5.74, 6) is -0.318. The van der Waals surface area contributed by atoms with Gasteiger partial charge in [-0.15, -0.1) is 0 Å². The van der Waals surface area contributed by atoms with E-state index in [0.29, 0.717) is 17.3 Å². The van der Waals surface area contributed by atoms with Gasteiger partial charge in [0.1, 0.15) is 11.9 Å². The van der Waals surface area contributed by atoms with E-state index in [-0.39, 0.29) is 19.0 Å². The summed E-state index contributed by atoms with van der Waals surface area (Å²) in [5.41, 5.74) is 0. The molecule has 1 aliphatic rings. The van der Waals surface area contributed by atoms with Crippen LogP contribution in [-0.4, -0.2) is 42.9 Å². The number of nitrogens with one attached hydrogen (secondary N) is 1. The van der Waals surface area contributed by atoms with Crippen molar-refractivity contribution in [2.75, 3.05) is 17.9 Å². The van der Waals surface area contributed by atoms with Gasteiger partial charge in [-0.25, -0.2) is 4.98 Å². The lowest BCUT2D eigenvalue weighted by Crippen LogP contribution is -2.44. The highest BCUT2D eigenvalue weighted by Crippen LogP contribution is 2.23. The minimum Gasteiger partial charge on any atom is -0.465 e. The van der Waals surface area contributed by atoms with E-state index in [2.05, 4.69) is 25.6 Å². The summed E-state index contributed by atoms with van der Waals surface area (Å²) in [5, 5.41) is 0. The number of hydrogen-bond acceptors (Lipinski definition) is 5. The molecule has 1 N–H and O–H groups in total. The standard InChI is InChI=1S/C12H16BrN3O4S/c1-2-20-12(17)10-4-3-7-16(10)21(18,19)15-11-8-9(13)5-6-14-11/h5-6,8,10H,2-4,7H2,1H3,(H,14,15). The molecule has 1 aromatic heterocycles. The van der Waals surface area contributed by atoms with Crippen molar-refractivity contribution in [3.05, 3.63) is 22.8 Å². The van der Waals surface area contributed by atoms with Crippen molar-refractivity contribution in [2.45, 2.75) is 25.8 Å². The summed E-state index contributed by atoms with van der Waals surface area (Å²) in [6.07, 6.45) is 2.57. The average Bonchev–Trinajstić information content (AvgIpc) is 2.88. The molecule has 0 amide bonds. The number of carbonyl (C=O) groups excluding carboxylic acids is 1. The van der Waals surface area contributed by atoms with E-state index in [9.17, 15) is 13.2 Å². The van der Waals surface area contributed by atoms with Crippen molar-refractivity contribution < 1.29 is 17.9 Å². The highest BCUT2D eigenvalue weighted by atomic mass is 79.9. The van der Waals surface area contributed by atoms with Crippen LogP contribution in [0.25, 0.3) is 0 Å². The van der Waals surface area contributed by atoms with Crippen LogP contribution < -0.4 is 4.72 Å². The van der Waals surface area contributed by atoms with E-state index in [0.717, 1.165) is 4.31 Å². The molecule has 1 aromatic rings. The molecule has 21 heavy (non-hydrogen) atoms. The first-order valence-corrected chi connectivity index (χ1v) is 8.75. The number of halogens is 1. The van der Waals surface area contributed by atoms with Gasteiger partial charge in [-0.1, -0.05) is 15.9 Å². The smallest absolute Gasteiger partial charge is 0.324 e. The summed E-state index contributed by atoms with van der Waals surface area (Å²) < 4.78 is 33.9. The minimum atomic E-state index is -3.84. The third-order valence-corrected chi connectivity index (χ3v) is 5.04. The zero-order valence-electron chi connectivity index (χ0n) is 11.5. The molecular weight excluding hydrogens is 362 g/mol. The first-order valence-electron chi connectivity index (χ1n) is 6.52. The second-order valence-corrected chi connectivity index (χ2v) is 7.03. The molecule has 1 atom stereocenters. The Morgan fingerprint density at radius 2 is 2.38 bits per heavy atom. The average molecular weight is 378 g/mol. The zero-order chi connectivity index (χ0) is 15.5. The molecule has 0 saturated carbocycles. The number of pyridine rings is 1. The van der Waals surface area contributed by atoms with Crippen molar-refractivity contribution in [1.82, 2.24) is 9.29 Å². The largest absolute Gasteiger partial charge is 0.465 e. The predicted octanol–water partition coefficient (Wildman–Crippen LogP) is 1.53. The van der Waals surface area contributed by atoms with Crippen molar-refractivity contribution in [1.29, 1.82) is 0 Å². The molecule has 1 fully saturated rings. The zero-order valence-corrected chi connectivity index (χ0v) is 13.9. The van der Waals surface area contributed by atoms with Crippen LogP contribution in [0.15, 0.2) is 22.8 Å². The minimum absolute atomic E-state index is 0.193. The Balaban J connectivity index is 2.16. The number of nitrogens with zero attached hydrogens (tertiary/aromatic N) is 2. The summed E-state index contributed by atoms with van der Waals surface area (Å²) in [6.45, 7) is 2.20. The number of anilines is 1. The lowest BCUT2D eigenvalue weighted by Gasteiger charge is -2.22. The van der Waals surface area contributed by atoms with E-state index < -0.39 is 22.2 Å². The van der Waals surface area contributed by atoms with Crippen LogP contribution in [-0.2, 0) is 19.7 Å². The molecule has 0 aliphatic carbocycles. The third kappa shape index (κ3) is 3.92. The Morgan fingerprint density at radius 1 is 1.62 bits per heavy atom. The van der Waals surface area contributed by atoms with E-state index in [1.54, 1.807) is 19.1 Å². The maximum atomic E-state index is 12.4. The van der Waals surface area contributed by atoms with E-state index in [1.807, 2.05) is 0 Å². The van der Waals surface area contributed by atoms with Crippen molar-refractivity contribution in [3.63, 3.8) is 0 Å². The molecule has 7 nitrogen and oxygen atoms in total. The summed E-state index contributed by atoms with van der Waals surface area (Å²) >= 11 is 3.25. The van der Waals surface area contributed by atoms with E-state index in [1.165, 1.54) is 6.20 Å². The molecule has 0 bridgehead atoms. The van der Waals surface area contributed by atoms with Crippen LogP contribution in [0.2, 0.25) is 0 Å². The second-order valence-electron chi connectivity index (χ2n) is 4.49. The molecular formula is C12H16BrN3O4S. The fourth-order valence-corrected chi connectivity index (χ4v) is 3.88. The van der Waals surface area contributed by atoms with Gasteiger partial charge in [0.2, 0.25) is 0 Å². The van der Waals surface area contributed by atoms with Crippen LogP contribution in [0.4, 0.5) is 5.82 Å². The molecule has 116 valence electrons. The first-order chi connectivity index (χ1) is 9.94. The second kappa shape index (κ2) is 6.71. The van der Waals surface area contributed by atoms with Gasteiger partial charge in [-0.2, -0.15) is 12.7 Å². The van der Waals surface area contributed by atoms with Gasteiger partial charge in [0.25, 0.3) is 0 Å². The molecule has 1 saturated heterocycles. The Kier molecular flexibility index (Phi) is 5.17. The highest BCUT2D eigenvalue weighted by Gasteiger charge is 2.39. The molecule has 0 spiro atoms. The molecule has 9 heteroatoms. The van der Waals surface area contributed by atoms with Gasteiger partial charge in [0.15, 0.2) is 0 Å². The van der Waals surface area contributed by atoms with Crippen molar-refractivity contribution in [2.24, 2.45) is 0 Å². The van der Waals surface area contributed by atoms with Crippen LogP contribution >= 0.6 is 15.9 Å². The SMILES string of the molecule is CCOC(=O)C1CCCN1S(=O)(=O)Nc1cc(Br)ccn1. The Hall–Kier alpha value is -1.19. The molecule has 1 unspecified atom stereocenters. The number of hydrogen-bond donors (Lipinski definition) is 1. The van der Waals surface area contributed by atoms with Crippen LogP contribution in [0, 0.1) is 0 Å². The van der Waals surface area contributed by atoms with Gasteiger partial charge in [-0.3, -0.25) is 9.52 Å². The fourth-order valence-electron chi connectivity index (χ4n) is 2.15. The highest BCUT2D eigenvalue weighted by molar-refractivity contribution is 9.10. The number of esters is 1. The lowest BCUT2D eigenvalue weighted by molar-refractivity contribution is -0.146. The fraction of sp³-hybridized carbons (Fsp3) is 0.500. The predicted molar refractivity (Wildman–Crippen MR) is 80.8 cm³/mol. The third-order valence-electron chi connectivity index (χ3n) is 3.03. The molecule has 0 radical (unpaired) electrons. The molecule has 1 aliphatic heterocycles. The Bertz CT molecular complexity index is 623. The normalized spacial score (nSPS) is 19.4. The molecule has 2 rings (SSSR count). The van der Waals surface area contributed by atoms with Crippen molar-refractivity contribution >= 4 is 37.9 Å². The number of carbonyl (C=O) groups is 1. The Morgan fingerprint density at radius 3 is 3.05 bits per heavy atom. The van der Waals surface area contributed by atoms with Gasteiger partial charge in [0.05, 0.1) is 6.61 Å². The maximum Gasteiger partial charge on any atom is 0.324 e. The summed E-state index contributed by atoms with van der Waals surface area (Å²) in [7, 11) is -3.84. The molecule has 0 aromatic carbocycles. The van der Waals surface area contributed by atoms with Gasteiger partial charge < -0.3 is 4.74 Å². The topological polar surface area (TPSA) is 88.6 Å². The van der Waals surface area contributed by atoms with E-state index in [4.69, 9.17) is 4.74 Å². The first kappa shape index (κ1) is 16.2. The maximum absolute atomic E-state index is 12.4. The monoisotopic (exact) mass is 377 g/mol. The van der Waals surface area contributed by atoms with Gasteiger partial charge >= 0.3 is 16.2 Å². The van der Waals surface area contributed by atoms with E-state index >= 15 is 0 Å². The number of rotatable bonds is 5. The lowest BCUT2D eigenvalue weighted by atomic mass is 10.2. The number of aromatic nitrogens is 1. The van der Waals surface area contributed by atoms with Crippen molar-refractivity contribution in [3.8, 4) is 0 Å². The van der Waals surface area contributed by atoms with Crippen LogP contribution in [0.5, 0.6) is 0 Å². The van der Waals surface area contributed by atoms with Gasteiger partial charge in [0, 0.05) is 17.2 Å². The summed E-state index contributed by atoms with van der Waals surface area (Å²) in [6, 6.07) is 2.47. The quantitative estimate of drug-likeness (QED) is 0.785.